The molecule has 0 aromatic heterocycles. The van der Waals surface area contributed by atoms with E-state index < -0.39 is 21.7 Å². The van der Waals surface area contributed by atoms with Gasteiger partial charge in [-0.1, -0.05) is 39.3 Å². The molecule has 0 aliphatic rings. The maximum atomic E-state index is 10.1. The lowest BCUT2D eigenvalue weighted by atomic mass is 9.99. The van der Waals surface area contributed by atoms with Crippen LogP contribution in [-0.4, -0.2) is 26.9 Å². The molecule has 3 heteroatoms. The van der Waals surface area contributed by atoms with Crippen LogP contribution in [0.15, 0.2) is 0 Å². The molecule has 0 saturated heterocycles. The molecule has 1 nitrogen and oxygen atoms in total. The highest BCUT2D eigenvalue weighted by molar-refractivity contribution is 6.84. The molecular weight excluding hydrogens is 240 g/mol. The highest BCUT2D eigenvalue weighted by atomic mass is 28.3. The highest BCUT2D eigenvalue weighted by Crippen LogP contribution is 2.13. The smallest absolute Gasteiger partial charge is 0.129 e. The average molecular weight is 267 g/mol. The zero-order chi connectivity index (χ0) is 13.7. The van der Waals surface area contributed by atoms with Crippen LogP contribution in [0.2, 0.25) is 39.3 Å². The molecule has 17 heavy (non-hydrogen) atoms. The fourth-order valence-electron chi connectivity index (χ4n) is 1.06. The molecule has 0 spiro atoms. The Balaban J connectivity index is 4.38. The molecule has 0 heterocycles. The largest absolute Gasteiger partial charge is 0.388 e. The Morgan fingerprint density at radius 3 is 1.35 bits per heavy atom. The van der Waals surface area contributed by atoms with E-state index in [0.717, 1.165) is 0 Å². The Labute approximate surface area is 109 Å². The predicted octanol–water partition coefficient (Wildman–Crippen LogP) is 3.28. The summed E-state index contributed by atoms with van der Waals surface area (Å²) in [7, 11) is -2.64. The van der Waals surface area contributed by atoms with E-state index in [0.29, 0.717) is 12.8 Å². The molecule has 0 amide bonds. The van der Waals surface area contributed by atoms with Crippen molar-refractivity contribution in [1.29, 1.82) is 0 Å². The molecule has 0 aliphatic carbocycles. The van der Waals surface area contributed by atoms with Crippen molar-refractivity contribution in [2.45, 2.75) is 64.6 Å². The van der Waals surface area contributed by atoms with Crippen molar-refractivity contribution < 1.29 is 5.11 Å². The molecule has 0 saturated carbocycles. The molecule has 0 unspecified atom stereocenters. The van der Waals surface area contributed by atoms with E-state index in [1.165, 1.54) is 0 Å². The van der Waals surface area contributed by atoms with E-state index in [1.807, 2.05) is 6.92 Å². The zero-order valence-corrected chi connectivity index (χ0v) is 14.4. The van der Waals surface area contributed by atoms with Gasteiger partial charge < -0.3 is 5.11 Å². The van der Waals surface area contributed by atoms with Gasteiger partial charge in [0.15, 0.2) is 0 Å². The van der Waals surface area contributed by atoms with Gasteiger partial charge in [-0.2, -0.15) is 0 Å². The summed E-state index contributed by atoms with van der Waals surface area (Å²) in [5.41, 5.74) is 5.78. The van der Waals surface area contributed by atoms with E-state index in [4.69, 9.17) is 0 Å². The Morgan fingerprint density at radius 1 is 0.824 bits per heavy atom. The monoisotopic (exact) mass is 266 g/mol. The molecule has 1 N–H and O–H groups in total. The van der Waals surface area contributed by atoms with Crippen molar-refractivity contribution in [2.75, 3.05) is 0 Å². The van der Waals surface area contributed by atoms with Gasteiger partial charge in [0.05, 0.1) is 5.60 Å². The summed E-state index contributed by atoms with van der Waals surface area (Å²) >= 11 is 0. The first-order valence-electron chi connectivity index (χ1n) is 6.14. The Kier molecular flexibility index (Phi) is 5.74. The van der Waals surface area contributed by atoms with Crippen molar-refractivity contribution in [3.05, 3.63) is 0 Å². The van der Waals surface area contributed by atoms with Gasteiger partial charge in [0.2, 0.25) is 0 Å². The Bertz CT molecular complexity index is 325. The van der Waals surface area contributed by atoms with Crippen molar-refractivity contribution in [2.24, 2.45) is 0 Å². The standard InChI is InChI=1S/C14H26OSi2/c1-14(15,10-8-12-16(2,3)4)11-9-13-17(5,6)7/h15H,10-11H2,1-7H3. The molecule has 0 aliphatic heterocycles. The second-order valence-corrected chi connectivity index (χ2v) is 16.5. The third-order valence-corrected chi connectivity index (χ3v) is 3.72. The van der Waals surface area contributed by atoms with Crippen LogP contribution >= 0.6 is 0 Å². The van der Waals surface area contributed by atoms with Crippen LogP contribution in [0.3, 0.4) is 0 Å². The zero-order valence-electron chi connectivity index (χ0n) is 12.4. The van der Waals surface area contributed by atoms with Crippen molar-refractivity contribution in [1.82, 2.24) is 0 Å². The third-order valence-electron chi connectivity index (χ3n) is 1.87. The summed E-state index contributed by atoms with van der Waals surface area (Å²) in [6.07, 6.45) is 1.05. The first-order chi connectivity index (χ1) is 7.41. The second-order valence-electron chi connectivity index (χ2n) is 6.95. The average Bonchev–Trinajstić information content (AvgIpc) is 1.96. The third kappa shape index (κ3) is 11.8. The number of hydrogen-bond donors (Lipinski definition) is 1. The second kappa shape index (κ2) is 5.91. The fraction of sp³-hybridized carbons (Fsp3) is 0.714. The lowest BCUT2D eigenvalue weighted by Crippen LogP contribution is -2.24. The minimum Gasteiger partial charge on any atom is -0.388 e. The van der Waals surface area contributed by atoms with E-state index >= 15 is 0 Å². The molecule has 96 valence electrons. The SMILES string of the molecule is CC(O)(CC#C[Si](C)(C)C)CC#C[Si](C)(C)C. The van der Waals surface area contributed by atoms with Crippen LogP contribution < -0.4 is 0 Å². The first-order valence-corrected chi connectivity index (χ1v) is 13.1. The van der Waals surface area contributed by atoms with E-state index in [2.05, 4.69) is 62.2 Å². The van der Waals surface area contributed by atoms with Gasteiger partial charge in [-0.3, -0.25) is 0 Å². The van der Waals surface area contributed by atoms with Gasteiger partial charge in [0.1, 0.15) is 16.1 Å². The maximum Gasteiger partial charge on any atom is 0.129 e. The number of hydrogen-bond acceptors (Lipinski definition) is 1. The van der Waals surface area contributed by atoms with E-state index in [-0.39, 0.29) is 0 Å². The van der Waals surface area contributed by atoms with E-state index in [9.17, 15) is 5.11 Å². The molecular formula is C14H26OSi2. The lowest BCUT2D eigenvalue weighted by molar-refractivity contribution is 0.0711. The summed E-state index contributed by atoms with van der Waals surface area (Å²) < 4.78 is 0. The first kappa shape index (κ1) is 16.5. The summed E-state index contributed by atoms with van der Waals surface area (Å²) in [5.74, 6) is 6.24. The number of aliphatic hydroxyl groups is 1. The minimum atomic E-state index is -1.32. The van der Waals surface area contributed by atoms with Crippen molar-refractivity contribution in [3.63, 3.8) is 0 Å². The van der Waals surface area contributed by atoms with Crippen molar-refractivity contribution in [3.8, 4) is 22.9 Å². The Morgan fingerprint density at radius 2 is 1.12 bits per heavy atom. The van der Waals surface area contributed by atoms with Crippen LogP contribution in [0.4, 0.5) is 0 Å². The van der Waals surface area contributed by atoms with Gasteiger partial charge in [-0.25, -0.2) is 0 Å². The predicted molar refractivity (Wildman–Crippen MR) is 82.1 cm³/mol. The van der Waals surface area contributed by atoms with Gasteiger partial charge >= 0.3 is 0 Å². The summed E-state index contributed by atoms with van der Waals surface area (Å²) in [5, 5.41) is 10.1. The fourth-order valence-corrected chi connectivity index (χ4v) is 2.30. The normalized spacial score (nSPS) is 12.2. The molecule has 0 atom stereocenters. The van der Waals surface area contributed by atoms with Crippen LogP contribution in [0.1, 0.15) is 19.8 Å². The van der Waals surface area contributed by atoms with Crippen LogP contribution in [0.25, 0.3) is 0 Å². The van der Waals surface area contributed by atoms with Gasteiger partial charge in [-0.05, 0) is 6.92 Å². The highest BCUT2D eigenvalue weighted by Gasteiger charge is 2.18. The molecule has 0 rings (SSSR count). The van der Waals surface area contributed by atoms with E-state index in [1.54, 1.807) is 0 Å². The van der Waals surface area contributed by atoms with Crippen LogP contribution in [0, 0.1) is 22.9 Å². The number of rotatable bonds is 2. The maximum absolute atomic E-state index is 10.1. The molecule has 0 fully saturated rings. The summed E-state index contributed by atoms with van der Waals surface area (Å²) in [4.78, 5) is 0. The molecule has 0 aromatic carbocycles. The summed E-state index contributed by atoms with van der Waals surface area (Å²) in [6.45, 7) is 15.1. The molecule has 0 aromatic rings. The van der Waals surface area contributed by atoms with Crippen LogP contribution in [-0.2, 0) is 0 Å². The van der Waals surface area contributed by atoms with Crippen LogP contribution in [0.5, 0.6) is 0 Å². The lowest BCUT2D eigenvalue weighted by Gasteiger charge is -2.17. The van der Waals surface area contributed by atoms with Gasteiger partial charge in [0, 0.05) is 12.8 Å². The molecule has 0 radical (unpaired) electrons. The minimum absolute atomic E-state index is 0.525. The van der Waals surface area contributed by atoms with Crippen molar-refractivity contribution >= 4 is 16.1 Å². The quantitative estimate of drug-likeness (QED) is 0.601. The molecule has 0 bridgehead atoms. The van der Waals surface area contributed by atoms with Gasteiger partial charge in [0.25, 0.3) is 0 Å². The Hall–Kier alpha value is -0.486. The summed E-state index contributed by atoms with van der Waals surface area (Å²) in [6, 6.07) is 0. The topological polar surface area (TPSA) is 20.2 Å². The van der Waals surface area contributed by atoms with Gasteiger partial charge in [-0.15, -0.1) is 22.9 Å².